The fourth-order valence-corrected chi connectivity index (χ4v) is 6.53. The minimum atomic E-state index is -0.570. The molecule has 0 aliphatic rings. The van der Waals surface area contributed by atoms with Crippen LogP contribution in [0.2, 0.25) is 0 Å². The van der Waals surface area contributed by atoms with E-state index in [9.17, 15) is 9.59 Å². The second-order valence-electron chi connectivity index (χ2n) is 11.8. The van der Waals surface area contributed by atoms with E-state index in [1.165, 1.54) is 16.7 Å². The second kappa shape index (κ2) is 17.1. The molecule has 0 aromatic heterocycles. The molecule has 0 aliphatic carbocycles. The van der Waals surface area contributed by atoms with Gasteiger partial charge in [-0.2, -0.15) is 0 Å². The Bertz CT molecular complexity index is 1140. The lowest BCUT2D eigenvalue weighted by Crippen LogP contribution is -2.45. The van der Waals surface area contributed by atoms with Crippen LogP contribution in [0.3, 0.4) is 0 Å². The number of amides is 2. The number of benzene rings is 3. The van der Waals surface area contributed by atoms with Crippen LogP contribution >= 0.6 is 11.8 Å². The zero-order valence-corrected chi connectivity index (χ0v) is 27.3. The molecule has 0 saturated carbocycles. The monoisotopic (exact) mass is 603 g/mol. The molecule has 0 aliphatic heterocycles. The zero-order valence-electron chi connectivity index (χ0n) is 26.5. The van der Waals surface area contributed by atoms with E-state index in [4.69, 9.17) is 4.74 Å². The molecule has 6 nitrogen and oxygen atoms in total. The molecule has 3 aromatic rings. The van der Waals surface area contributed by atoms with Crippen LogP contribution in [-0.4, -0.2) is 61.0 Å². The average Bonchev–Trinajstić information content (AvgIpc) is 3.01. The van der Waals surface area contributed by atoms with Gasteiger partial charge in [0.25, 0.3) is 0 Å². The molecule has 0 heterocycles. The first-order chi connectivity index (χ1) is 20.7. The molecule has 3 aromatic carbocycles. The fraction of sp³-hybridized carbons (Fsp3) is 0.444. The van der Waals surface area contributed by atoms with Crippen molar-refractivity contribution in [3.05, 3.63) is 108 Å². The zero-order chi connectivity index (χ0) is 31.1. The van der Waals surface area contributed by atoms with Crippen LogP contribution in [0.5, 0.6) is 0 Å². The van der Waals surface area contributed by atoms with Crippen LogP contribution in [0.4, 0.5) is 4.79 Å². The lowest BCUT2D eigenvalue weighted by atomic mass is 9.84. The van der Waals surface area contributed by atoms with E-state index in [2.05, 4.69) is 102 Å². The van der Waals surface area contributed by atoms with Gasteiger partial charge in [0.2, 0.25) is 5.91 Å². The summed E-state index contributed by atoms with van der Waals surface area (Å²) >= 11 is 1.99. The molecule has 232 valence electrons. The number of hydrogen-bond donors (Lipinski definition) is 2. The summed E-state index contributed by atoms with van der Waals surface area (Å²) in [6.07, 6.45) is 3.70. The molecule has 2 N–H and O–H groups in total. The van der Waals surface area contributed by atoms with Crippen LogP contribution in [0.1, 0.15) is 70.1 Å². The summed E-state index contributed by atoms with van der Waals surface area (Å²) in [7, 11) is 1.75. The lowest BCUT2D eigenvalue weighted by Gasteiger charge is -2.35. The summed E-state index contributed by atoms with van der Waals surface area (Å²) in [5.41, 5.74) is 3.27. The Morgan fingerprint density at radius 2 is 1.26 bits per heavy atom. The Kier molecular flexibility index (Phi) is 13.6. The van der Waals surface area contributed by atoms with Crippen molar-refractivity contribution in [2.45, 2.75) is 69.8 Å². The van der Waals surface area contributed by atoms with Crippen LogP contribution in [-0.2, 0) is 14.3 Å². The first-order valence-corrected chi connectivity index (χ1v) is 16.4. The molecule has 3 rings (SSSR count). The highest BCUT2D eigenvalue weighted by molar-refractivity contribution is 8.00. The van der Waals surface area contributed by atoms with Gasteiger partial charge in [-0.3, -0.25) is 4.79 Å². The third kappa shape index (κ3) is 10.4. The van der Waals surface area contributed by atoms with Gasteiger partial charge in [0.05, 0.1) is 10.8 Å². The first kappa shape index (κ1) is 34.2. The highest BCUT2D eigenvalue weighted by Gasteiger charge is 2.36. The predicted molar refractivity (Wildman–Crippen MR) is 179 cm³/mol. The number of carbonyl (C=O) groups is 2. The molecule has 7 heteroatoms. The minimum absolute atomic E-state index is 0.0817. The number of nitrogens with zero attached hydrogens (tertiary/aromatic N) is 1. The Morgan fingerprint density at radius 3 is 1.72 bits per heavy atom. The molecule has 0 radical (unpaired) electrons. The van der Waals surface area contributed by atoms with Crippen LogP contribution < -0.4 is 10.6 Å². The van der Waals surface area contributed by atoms with Gasteiger partial charge in [0, 0.05) is 19.6 Å². The smallest absolute Gasteiger partial charge is 0.410 e. The maximum atomic E-state index is 12.9. The van der Waals surface area contributed by atoms with Gasteiger partial charge in [-0.15, -0.1) is 11.8 Å². The van der Waals surface area contributed by atoms with Crippen molar-refractivity contribution in [1.82, 2.24) is 15.5 Å². The summed E-state index contributed by atoms with van der Waals surface area (Å²) in [5.74, 6) is 0.922. The largest absolute Gasteiger partial charge is 0.444 e. The topological polar surface area (TPSA) is 70.7 Å². The fourth-order valence-electron chi connectivity index (χ4n) is 4.97. The lowest BCUT2D eigenvalue weighted by molar-refractivity contribution is -0.122. The van der Waals surface area contributed by atoms with Gasteiger partial charge >= 0.3 is 6.09 Å². The standard InChI is InChI=1S/C36H49N3O3S/c1-29(37-5)33(40)38-25-27-39(34(41)42-35(2,3)4)26-17-6-7-18-28-43-36(30-19-11-8-12-20-30,31-21-13-9-14-22-31)32-23-15-10-16-24-32/h8-16,19-24,29,37H,6-7,17-18,25-28H2,1-5H3,(H,38,40)/t29-/m0/s1. The highest BCUT2D eigenvalue weighted by Crippen LogP contribution is 2.48. The normalized spacial score (nSPS) is 12.4. The summed E-state index contributed by atoms with van der Waals surface area (Å²) in [6.45, 7) is 8.83. The summed E-state index contributed by atoms with van der Waals surface area (Å²) < 4.78 is 5.34. The molecule has 0 bridgehead atoms. The molecular formula is C36H49N3O3S. The van der Waals surface area contributed by atoms with Crippen molar-refractivity contribution in [1.29, 1.82) is 0 Å². The van der Waals surface area contributed by atoms with Gasteiger partial charge in [0.15, 0.2) is 0 Å². The van der Waals surface area contributed by atoms with Crippen molar-refractivity contribution >= 4 is 23.8 Å². The molecule has 0 saturated heterocycles. The molecule has 2 amide bonds. The molecular weight excluding hydrogens is 554 g/mol. The summed E-state index contributed by atoms with van der Waals surface area (Å²) in [6, 6.07) is 32.1. The maximum Gasteiger partial charge on any atom is 0.410 e. The number of hydrogen-bond acceptors (Lipinski definition) is 5. The number of likely N-dealkylation sites (N-methyl/N-ethyl adjacent to an activating group) is 1. The van der Waals surface area contributed by atoms with E-state index < -0.39 is 5.60 Å². The minimum Gasteiger partial charge on any atom is -0.444 e. The van der Waals surface area contributed by atoms with Crippen molar-refractivity contribution in [3.8, 4) is 0 Å². The van der Waals surface area contributed by atoms with Gasteiger partial charge in [0.1, 0.15) is 5.60 Å². The number of nitrogens with one attached hydrogen (secondary N) is 2. The Hall–Kier alpha value is -3.29. The Balaban J connectivity index is 1.60. The molecule has 0 spiro atoms. The Morgan fingerprint density at radius 1 is 0.767 bits per heavy atom. The van der Waals surface area contributed by atoms with Gasteiger partial charge in [-0.05, 0) is 70.0 Å². The number of ether oxygens (including phenoxy) is 1. The first-order valence-electron chi connectivity index (χ1n) is 15.4. The predicted octanol–water partition coefficient (Wildman–Crippen LogP) is 7.23. The van der Waals surface area contributed by atoms with Crippen molar-refractivity contribution < 1.29 is 14.3 Å². The van der Waals surface area contributed by atoms with E-state index in [-0.39, 0.29) is 22.8 Å². The van der Waals surface area contributed by atoms with E-state index in [1.54, 1.807) is 11.9 Å². The van der Waals surface area contributed by atoms with E-state index in [1.807, 2.05) is 39.5 Å². The average molecular weight is 604 g/mol. The van der Waals surface area contributed by atoms with E-state index in [0.717, 1.165) is 31.4 Å². The van der Waals surface area contributed by atoms with Crippen molar-refractivity contribution in [2.75, 3.05) is 32.4 Å². The van der Waals surface area contributed by atoms with Gasteiger partial charge in [-0.1, -0.05) is 104 Å². The second-order valence-corrected chi connectivity index (χ2v) is 13.1. The molecule has 1 atom stereocenters. The third-order valence-electron chi connectivity index (χ3n) is 7.34. The van der Waals surface area contributed by atoms with E-state index in [0.29, 0.717) is 19.6 Å². The molecule has 43 heavy (non-hydrogen) atoms. The summed E-state index contributed by atoms with van der Waals surface area (Å²) in [4.78, 5) is 26.7. The SMILES string of the molecule is CN[C@@H](C)C(=O)NCCN(CCCCCCSC(c1ccccc1)(c1ccccc1)c1ccccc1)C(=O)OC(C)(C)C. The van der Waals surface area contributed by atoms with Gasteiger partial charge in [-0.25, -0.2) is 4.79 Å². The highest BCUT2D eigenvalue weighted by atomic mass is 32.2. The van der Waals surface area contributed by atoms with Crippen molar-refractivity contribution in [3.63, 3.8) is 0 Å². The van der Waals surface area contributed by atoms with Crippen LogP contribution in [0.15, 0.2) is 91.0 Å². The van der Waals surface area contributed by atoms with E-state index >= 15 is 0 Å². The molecule has 0 fully saturated rings. The maximum absolute atomic E-state index is 12.9. The Labute approximate surface area is 263 Å². The number of unbranched alkanes of at least 4 members (excludes halogenated alkanes) is 3. The third-order valence-corrected chi connectivity index (χ3v) is 8.97. The summed E-state index contributed by atoms with van der Waals surface area (Å²) in [5, 5.41) is 5.83. The van der Waals surface area contributed by atoms with Crippen LogP contribution in [0, 0.1) is 0 Å². The van der Waals surface area contributed by atoms with Gasteiger partial charge < -0.3 is 20.3 Å². The van der Waals surface area contributed by atoms with Crippen LogP contribution in [0.25, 0.3) is 0 Å². The number of thioether (sulfide) groups is 1. The number of rotatable bonds is 16. The van der Waals surface area contributed by atoms with Crippen molar-refractivity contribution in [2.24, 2.45) is 0 Å². The molecule has 0 unspecified atom stereocenters. The quantitative estimate of drug-likeness (QED) is 0.134. The number of carbonyl (C=O) groups excluding carboxylic acids is 2.